The molecule has 298 valence electrons. The van der Waals surface area contributed by atoms with Crippen LogP contribution in [0.1, 0.15) is 76.3 Å². The summed E-state index contributed by atoms with van der Waals surface area (Å²) in [5, 5.41) is 62.2. The molecule has 0 radical (unpaired) electrons. The van der Waals surface area contributed by atoms with Gasteiger partial charge in [0.25, 0.3) is 0 Å². The molecule has 1 aliphatic carbocycles. The van der Waals surface area contributed by atoms with Crippen molar-refractivity contribution in [2.45, 2.75) is 84.2 Å². The summed E-state index contributed by atoms with van der Waals surface area (Å²) >= 11 is 0. The number of anilines is 1. The molecule has 10 heteroatoms. The first-order valence-corrected chi connectivity index (χ1v) is 19.9. The molecule has 0 unspecified atom stereocenters. The zero-order chi connectivity index (χ0) is 39.8. The van der Waals surface area contributed by atoms with Crippen molar-refractivity contribution in [2.75, 3.05) is 25.6 Å². The maximum Gasteiger partial charge on any atom is 0.200 e. The van der Waals surface area contributed by atoms with Gasteiger partial charge in [0, 0.05) is 24.1 Å². The Balaban J connectivity index is 1.27. The van der Waals surface area contributed by atoms with E-state index in [9.17, 15) is 30.3 Å². The maximum atomic E-state index is 14.7. The number of carbonyl (C=O) groups excluding carboxylic acids is 1. The lowest BCUT2D eigenvalue weighted by atomic mass is 9.63. The molecule has 56 heavy (non-hydrogen) atoms. The molecule has 6 rings (SSSR count). The number of methoxy groups -OCH3 is 1. The molecule has 0 saturated heterocycles. The molecule has 0 aromatic heterocycles. The van der Waals surface area contributed by atoms with Crippen LogP contribution >= 0.6 is 0 Å². The molecule has 2 atom stereocenters. The van der Waals surface area contributed by atoms with Gasteiger partial charge in [0.1, 0.15) is 17.4 Å². The predicted molar refractivity (Wildman–Crippen MR) is 219 cm³/mol. The van der Waals surface area contributed by atoms with Crippen molar-refractivity contribution < 1.29 is 39.8 Å². The van der Waals surface area contributed by atoms with Crippen molar-refractivity contribution in [3.8, 4) is 34.5 Å². The van der Waals surface area contributed by atoms with E-state index in [-0.39, 0.29) is 41.0 Å². The fourth-order valence-electron chi connectivity index (χ4n) is 8.46. The summed E-state index contributed by atoms with van der Waals surface area (Å²) in [6.45, 7) is 5.23. The van der Waals surface area contributed by atoms with Crippen LogP contribution in [0.15, 0.2) is 90.3 Å². The number of rotatable bonds is 18. The average molecular weight is 765 g/mol. The molecule has 7 N–H and O–H groups in total. The van der Waals surface area contributed by atoms with Crippen molar-refractivity contribution in [3.05, 3.63) is 101 Å². The zero-order valence-corrected chi connectivity index (χ0v) is 32.7. The van der Waals surface area contributed by atoms with Crippen molar-refractivity contribution in [1.82, 2.24) is 5.32 Å². The van der Waals surface area contributed by atoms with E-state index in [1.807, 2.05) is 24.3 Å². The topological polar surface area (TPSA) is 161 Å². The van der Waals surface area contributed by atoms with Gasteiger partial charge in [0.15, 0.2) is 23.0 Å². The van der Waals surface area contributed by atoms with Crippen molar-refractivity contribution in [1.29, 1.82) is 0 Å². The Labute approximate surface area is 329 Å². The highest BCUT2D eigenvalue weighted by Gasteiger charge is 2.49. The Morgan fingerprint density at radius 3 is 2.38 bits per heavy atom. The lowest BCUT2D eigenvalue weighted by Crippen LogP contribution is -2.44. The molecule has 1 aliphatic heterocycles. The first kappa shape index (κ1) is 40.3. The van der Waals surface area contributed by atoms with Crippen LogP contribution in [0.2, 0.25) is 0 Å². The number of allylic oxidation sites excluding steroid dienone is 2. The van der Waals surface area contributed by atoms with E-state index >= 15 is 0 Å². The van der Waals surface area contributed by atoms with Crippen molar-refractivity contribution in [3.63, 3.8) is 0 Å². The summed E-state index contributed by atoms with van der Waals surface area (Å²) < 4.78 is 11.2. The lowest BCUT2D eigenvalue weighted by molar-refractivity contribution is -0.131. The number of nitrogens with one attached hydrogen (secondary N) is 2. The van der Waals surface area contributed by atoms with Gasteiger partial charge in [-0.3, -0.25) is 4.79 Å². The largest absolute Gasteiger partial charge is 0.508 e. The number of aliphatic hydroxyl groups is 1. The summed E-state index contributed by atoms with van der Waals surface area (Å²) in [6.07, 6.45) is 9.60. The van der Waals surface area contributed by atoms with Crippen LogP contribution in [0.3, 0.4) is 0 Å². The van der Waals surface area contributed by atoms with Gasteiger partial charge in [-0.25, -0.2) is 0 Å². The third-order valence-electron chi connectivity index (χ3n) is 11.3. The van der Waals surface area contributed by atoms with E-state index in [0.717, 1.165) is 71.9 Å². The van der Waals surface area contributed by atoms with Crippen LogP contribution in [-0.4, -0.2) is 57.7 Å². The van der Waals surface area contributed by atoms with Crippen LogP contribution < -0.4 is 20.1 Å². The molecule has 1 heterocycles. The number of aliphatic hydroxyl groups excluding tert-OH is 1. The monoisotopic (exact) mass is 764 g/mol. The summed E-state index contributed by atoms with van der Waals surface area (Å²) in [5.74, 6) is 0.738. The van der Waals surface area contributed by atoms with Gasteiger partial charge < -0.3 is 45.6 Å². The second kappa shape index (κ2) is 18.1. The van der Waals surface area contributed by atoms with Gasteiger partial charge in [0.05, 0.1) is 25.7 Å². The van der Waals surface area contributed by atoms with Gasteiger partial charge in [-0.1, -0.05) is 51.0 Å². The number of ether oxygens (including phenoxy) is 2. The number of Topliss-reactive ketones (excluding diaryl/α,β-unsaturated/α-hetero) is 1. The van der Waals surface area contributed by atoms with Gasteiger partial charge >= 0.3 is 0 Å². The Bertz CT molecular complexity index is 2070. The Morgan fingerprint density at radius 1 is 0.857 bits per heavy atom. The van der Waals surface area contributed by atoms with E-state index in [4.69, 9.17) is 9.47 Å². The molecule has 1 saturated carbocycles. The second-order valence-corrected chi connectivity index (χ2v) is 15.7. The fraction of sp³-hybridized carbons (Fsp3) is 0.413. The van der Waals surface area contributed by atoms with Crippen LogP contribution in [0.25, 0.3) is 10.8 Å². The van der Waals surface area contributed by atoms with E-state index in [1.165, 1.54) is 13.2 Å². The minimum Gasteiger partial charge on any atom is -0.508 e. The van der Waals surface area contributed by atoms with Crippen molar-refractivity contribution in [2.24, 2.45) is 17.3 Å². The molecule has 2 aliphatic rings. The minimum atomic E-state index is -0.967. The summed E-state index contributed by atoms with van der Waals surface area (Å²) in [7, 11) is 1.50. The van der Waals surface area contributed by atoms with Gasteiger partial charge in [-0.05, 0) is 133 Å². The smallest absolute Gasteiger partial charge is 0.200 e. The Kier molecular flexibility index (Phi) is 13.0. The molecule has 10 nitrogen and oxygen atoms in total. The number of benzene rings is 4. The first-order valence-electron chi connectivity index (χ1n) is 19.9. The normalized spacial score (nSPS) is 16.2. The number of aryl methyl sites for hydroxylation is 2. The molecular weight excluding hydrogens is 709 g/mol. The SMILES string of the molecule is COc1cc(CC[C@@H](O)[C@H](C(=O)CCc2cc(O)c(O)c(OCCCC(C)C)c2)C2(C3=CCNC(Nc4ccc5cc(O)ccc5c4)=C3)CCCC2)ccc1O. The number of dihydropyridines is 1. The average Bonchev–Trinajstić information content (AvgIpc) is 3.68. The summed E-state index contributed by atoms with van der Waals surface area (Å²) in [6, 6.07) is 19.5. The van der Waals surface area contributed by atoms with Crippen LogP contribution in [0.4, 0.5) is 5.69 Å². The number of hydrogen-bond donors (Lipinski definition) is 7. The number of aromatic hydroxyl groups is 4. The second-order valence-electron chi connectivity index (χ2n) is 15.7. The fourth-order valence-corrected chi connectivity index (χ4v) is 8.46. The Hall–Kier alpha value is -5.35. The highest BCUT2D eigenvalue weighted by molar-refractivity contribution is 5.87. The molecule has 0 amide bonds. The third kappa shape index (κ3) is 9.53. The number of hydrogen-bond acceptors (Lipinski definition) is 10. The van der Waals surface area contributed by atoms with E-state index in [0.29, 0.717) is 49.6 Å². The van der Waals surface area contributed by atoms with E-state index < -0.39 is 17.4 Å². The molecule has 4 aromatic carbocycles. The number of phenolic OH excluding ortho intramolecular Hbond substituents is 4. The van der Waals surface area contributed by atoms with Gasteiger partial charge in [0.2, 0.25) is 5.75 Å². The number of fused-ring (bicyclic) bond motifs is 1. The maximum absolute atomic E-state index is 14.7. The van der Waals surface area contributed by atoms with Crippen LogP contribution in [0, 0.1) is 17.3 Å². The Morgan fingerprint density at radius 2 is 1.61 bits per heavy atom. The van der Waals surface area contributed by atoms with Crippen molar-refractivity contribution >= 4 is 22.2 Å². The highest BCUT2D eigenvalue weighted by atomic mass is 16.5. The summed E-state index contributed by atoms with van der Waals surface area (Å²) in [4.78, 5) is 14.7. The third-order valence-corrected chi connectivity index (χ3v) is 11.3. The quantitative estimate of drug-likeness (QED) is 0.0386. The zero-order valence-electron chi connectivity index (χ0n) is 32.7. The van der Waals surface area contributed by atoms with E-state index in [1.54, 1.807) is 36.4 Å². The first-order chi connectivity index (χ1) is 26.9. The molecule has 0 spiro atoms. The molecular formula is C46H56N2O8. The molecule has 0 bridgehead atoms. The number of carbonyl (C=O) groups is 1. The van der Waals surface area contributed by atoms with E-state index in [2.05, 4.69) is 36.6 Å². The van der Waals surface area contributed by atoms with Crippen LogP contribution in [-0.2, 0) is 17.6 Å². The number of ketones is 1. The highest BCUT2D eigenvalue weighted by Crippen LogP contribution is 2.53. The minimum absolute atomic E-state index is 0.0381. The molecule has 4 aromatic rings. The van der Waals surface area contributed by atoms with Crippen LogP contribution in [0.5, 0.6) is 34.5 Å². The lowest BCUT2D eigenvalue weighted by Gasteiger charge is -2.42. The standard InChI is InChI=1S/C46H56N2O8/c1-29(2)7-6-22-56-42-25-31(23-40(53)45(42)54)10-17-39(52)44(38(51)16-9-30-8-15-37(50)41(24-30)55-3)46(19-4-5-20-46)34-18-21-47-43(28-34)48-35-13-11-33-27-36(49)14-12-32(33)26-35/h8,11-15,18,23-29,38,44,47-51,53-54H,4-7,9-10,16-17,19-22H2,1-3H3/t38-,44-/m1/s1. The van der Waals surface area contributed by atoms with Gasteiger partial charge in [-0.15, -0.1) is 0 Å². The number of phenols is 4. The summed E-state index contributed by atoms with van der Waals surface area (Å²) in [5.41, 5.74) is 2.83. The predicted octanol–water partition coefficient (Wildman–Crippen LogP) is 8.64. The van der Waals surface area contributed by atoms with Gasteiger partial charge in [-0.2, -0.15) is 0 Å². The molecule has 1 fully saturated rings.